The maximum Gasteiger partial charge on any atom is 0.306 e. The summed E-state index contributed by atoms with van der Waals surface area (Å²) in [5.41, 5.74) is 17.8. The summed E-state index contributed by atoms with van der Waals surface area (Å²) in [6, 6.07) is 123. The van der Waals surface area contributed by atoms with Gasteiger partial charge in [-0.1, -0.05) is 279 Å². The average Bonchev–Trinajstić information content (AvgIpc) is 0.760. The van der Waals surface area contributed by atoms with Gasteiger partial charge in [0, 0.05) is 17.7 Å². The zero-order chi connectivity index (χ0) is 92.2. The number of nitrogens with zero attached hydrogens (tertiary/aromatic N) is 1. The number of carbonyl (C=O) groups excluding carboxylic acids is 2. The first-order valence-corrected chi connectivity index (χ1v) is 43.8. The van der Waals surface area contributed by atoms with Gasteiger partial charge < -0.3 is 72.4 Å². The maximum absolute atomic E-state index is 11.8. The molecule has 0 radical (unpaired) electrons. The van der Waals surface area contributed by atoms with Crippen molar-refractivity contribution < 1.29 is 77.2 Å². The van der Waals surface area contributed by atoms with Crippen LogP contribution in [0.15, 0.2) is 376 Å². The highest BCUT2D eigenvalue weighted by Gasteiger charge is 2.41. The van der Waals surface area contributed by atoms with E-state index in [9.17, 15) is 24.9 Å². The Labute approximate surface area is 769 Å². The molecule has 1 aromatic heterocycles. The lowest BCUT2D eigenvalue weighted by Gasteiger charge is -2.36. The topological polar surface area (TPSA) is 207 Å². The minimum absolute atomic E-state index is 0.0234. The summed E-state index contributed by atoms with van der Waals surface area (Å²) in [5, 5.41) is 29.4. The summed E-state index contributed by atoms with van der Waals surface area (Å²) >= 11 is 0. The minimum atomic E-state index is -1.28. The number of aliphatic hydroxyl groups is 2. The van der Waals surface area contributed by atoms with E-state index in [0.717, 1.165) is 151 Å². The molecule has 3 N–H and O–H groups in total. The summed E-state index contributed by atoms with van der Waals surface area (Å²) in [5.74, 6) is 2.80. The van der Waals surface area contributed by atoms with Crippen LogP contribution in [0.5, 0.6) is 34.5 Å². The number of aliphatic carboxylic acids is 1. The van der Waals surface area contributed by atoms with Crippen molar-refractivity contribution >= 4 is 11.9 Å². The molecule has 0 bridgehead atoms. The van der Waals surface area contributed by atoms with Crippen LogP contribution in [0, 0.1) is 0 Å². The first-order chi connectivity index (χ1) is 64.1. The van der Waals surface area contributed by atoms with E-state index in [1.54, 1.807) is 47.6 Å². The molecular weight excluding hydrogens is 1640 g/mol. The first-order valence-electron chi connectivity index (χ1n) is 43.8. The molecule has 1 heterocycles. The number of quaternary nitrogens is 1. The number of aliphatic hydroxyl groups excluding tert-OH is 2. The van der Waals surface area contributed by atoms with E-state index in [0.29, 0.717) is 19.8 Å². The molecule has 0 amide bonds. The normalized spacial score (nSPS) is 11.1. The maximum atomic E-state index is 11.8. The molecule has 0 unspecified atom stereocenters. The summed E-state index contributed by atoms with van der Waals surface area (Å²) in [6.45, 7) is 11.7. The number of carboxylic acid groups (broad SMARTS) is 1. The van der Waals surface area contributed by atoms with E-state index < -0.39 is 28.7 Å². The molecule has 131 heavy (non-hydrogen) atoms. The molecule has 0 spiro atoms. The lowest BCUT2D eigenvalue weighted by atomic mass is 9.80. The van der Waals surface area contributed by atoms with Crippen molar-refractivity contribution in [1.29, 1.82) is 0 Å². The van der Waals surface area contributed by atoms with Crippen molar-refractivity contribution in [2.24, 2.45) is 0 Å². The smallest absolute Gasteiger partial charge is 0.306 e. The van der Waals surface area contributed by atoms with Crippen molar-refractivity contribution in [1.82, 2.24) is 4.98 Å². The van der Waals surface area contributed by atoms with Crippen molar-refractivity contribution in [2.45, 2.75) is 90.1 Å². The Morgan fingerprint density at radius 2 is 0.580 bits per heavy atom. The number of carboxylic acids is 1. The van der Waals surface area contributed by atoms with Crippen LogP contribution >= 0.6 is 0 Å². The highest BCUT2D eigenvalue weighted by Crippen LogP contribution is 2.47. The quantitative estimate of drug-likeness (QED) is 0.0244. The number of benzene rings is 14. The second kappa shape index (κ2) is 48.2. The lowest BCUT2D eigenvalue weighted by molar-refractivity contribution is -0.894. The molecular formula is C114H114N2O15. The van der Waals surface area contributed by atoms with E-state index >= 15 is 0 Å². The molecule has 15 rings (SSSR count). The van der Waals surface area contributed by atoms with Gasteiger partial charge in [0.25, 0.3) is 0 Å². The molecule has 14 aromatic carbocycles. The van der Waals surface area contributed by atoms with Crippen LogP contribution in [0.25, 0.3) is 33.5 Å². The van der Waals surface area contributed by atoms with Crippen LogP contribution in [0.4, 0.5) is 0 Å². The summed E-state index contributed by atoms with van der Waals surface area (Å²) in [4.78, 5) is 28.8. The standard InChI is InChI=1S/C39H36O7.C35H32O4.C34H31NO4.C6H15N/c1-43-35-19-15-33(16-20-35)39(32-9-4-3-5-10-32,34-17-21-36(44-2)22-18-34)46-27-28-11-13-30(14-12-28)31-8-6-7-29(25-31)26-45-38(42)24-23-37(40)41;1-37-33-19-15-31(16-20-33)35(30-9-4-3-5-10-30,32-17-21-34(38-2)22-18-32)39-25-26-11-13-28(14-12-26)29-8-6-7-27(23-29)24-36;1-37-31-17-13-29(14-18-31)34(28-6-4-3-5-7-28,30-15-19-32(38-2)20-16-30)39-24-26-10-21-33(35-22-26)27-11-8-25(23-36)9-12-27;1-4-7(5-2)6-3/h3-22,25H,23-24,26-27H2,1-2H3,(H,40,41);3-23,36H,24-25H2,1-2H3;3-22,36H,23-24H2,1-2H3;4-6H2,1-3H3. The van der Waals surface area contributed by atoms with Gasteiger partial charge in [0.2, 0.25) is 0 Å². The fraction of sp³-hybridized carbons (Fsp3) is 0.202. The zero-order valence-corrected chi connectivity index (χ0v) is 75.7. The van der Waals surface area contributed by atoms with E-state index in [4.69, 9.17) is 52.4 Å². The fourth-order valence-corrected chi connectivity index (χ4v) is 15.7. The molecule has 17 heteroatoms. The van der Waals surface area contributed by atoms with Crippen LogP contribution in [0.1, 0.15) is 117 Å². The van der Waals surface area contributed by atoms with Gasteiger partial charge in [-0.2, -0.15) is 0 Å². The number of rotatable bonds is 37. The van der Waals surface area contributed by atoms with E-state index in [2.05, 4.69) is 112 Å². The Bertz CT molecular complexity index is 5800. The van der Waals surface area contributed by atoms with E-state index in [1.165, 1.54) is 19.6 Å². The van der Waals surface area contributed by atoms with Gasteiger partial charge in [0.15, 0.2) is 0 Å². The number of hydrogen-bond donors (Lipinski definition) is 3. The van der Waals surface area contributed by atoms with Gasteiger partial charge in [0.05, 0.1) is 107 Å². The molecule has 15 aromatic rings. The third-order valence-corrected chi connectivity index (χ3v) is 23.2. The van der Waals surface area contributed by atoms with Crippen LogP contribution in [0.2, 0.25) is 0 Å². The van der Waals surface area contributed by atoms with Crippen LogP contribution < -0.4 is 38.4 Å². The van der Waals surface area contributed by atoms with Crippen LogP contribution in [0.3, 0.4) is 0 Å². The Balaban J connectivity index is 0.000000172. The fourth-order valence-electron chi connectivity index (χ4n) is 15.7. The van der Waals surface area contributed by atoms with Crippen LogP contribution in [-0.2, 0) is 85.0 Å². The highest BCUT2D eigenvalue weighted by molar-refractivity contribution is 5.76. The van der Waals surface area contributed by atoms with Gasteiger partial charge in [-0.3, -0.25) is 9.78 Å². The van der Waals surface area contributed by atoms with Crippen LogP contribution in [-0.4, -0.2) is 89.4 Å². The summed E-state index contributed by atoms with van der Waals surface area (Å²) in [6.07, 6.45) is 1.28. The molecule has 0 saturated heterocycles. The second-order valence-corrected chi connectivity index (χ2v) is 31.1. The molecule has 17 nitrogen and oxygen atoms in total. The van der Waals surface area contributed by atoms with Gasteiger partial charge in [0.1, 0.15) is 57.9 Å². The number of ether oxygens (including phenoxy) is 10. The van der Waals surface area contributed by atoms with E-state index in [1.807, 2.05) is 285 Å². The third-order valence-electron chi connectivity index (χ3n) is 23.2. The van der Waals surface area contributed by atoms with Crippen molar-refractivity contribution in [3.8, 4) is 68.0 Å². The monoisotopic (exact) mass is 1750 g/mol. The minimum Gasteiger partial charge on any atom is -0.550 e. The number of pyridine rings is 1. The molecule has 0 fully saturated rings. The third kappa shape index (κ3) is 24.8. The lowest BCUT2D eigenvalue weighted by Crippen LogP contribution is -3.11. The largest absolute Gasteiger partial charge is 0.550 e. The number of methoxy groups -OCH3 is 6. The molecule has 0 aliphatic carbocycles. The highest BCUT2D eigenvalue weighted by atomic mass is 16.5. The van der Waals surface area contributed by atoms with Gasteiger partial charge in [-0.25, -0.2) is 0 Å². The SMILES string of the molecule is CC[NH+](CC)CC.COc1ccc(C(OCc2ccc(-c3ccc(CO)cc3)nc2)(c2ccccc2)c2ccc(OC)cc2)cc1.COc1ccc(C(OCc2ccc(-c3cccc(CO)c3)cc2)(c2ccccc2)c2ccc(OC)cc2)cc1.COc1ccc(C(OCc2ccc(-c3cccc(COC(=O)CCC(=O)[O-])c3)cc2)(c2ccccc2)c2ccc(OC)cc2)cc1. The van der Waals surface area contributed by atoms with Gasteiger partial charge >= 0.3 is 5.97 Å². The van der Waals surface area contributed by atoms with Gasteiger partial charge in [-0.05, 0) is 224 Å². The second-order valence-electron chi connectivity index (χ2n) is 31.1. The Morgan fingerprint density at radius 3 is 0.870 bits per heavy atom. The number of hydrogen-bond acceptors (Lipinski definition) is 16. The van der Waals surface area contributed by atoms with E-state index in [-0.39, 0.29) is 32.7 Å². The zero-order valence-electron chi connectivity index (χ0n) is 75.7. The molecule has 670 valence electrons. The Hall–Kier alpha value is -14.3. The Kier molecular flexibility index (Phi) is 35.3. The Morgan fingerprint density at radius 1 is 0.290 bits per heavy atom. The number of aromatic nitrogens is 1. The predicted octanol–water partition coefficient (Wildman–Crippen LogP) is 20.5. The number of carbonyl (C=O) groups is 2. The van der Waals surface area contributed by atoms with Gasteiger partial charge in [-0.15, -0.1) is 0 Å². The predicted molar refractivity (Wildman–Crippen MR) is 513 cm³/mol. The molecule has 0 saturated carbocycles. The molecule has 0 aliphatic rings. The van der Waals surface area contributed by atoms with Crippen molar-refractivity contribution in [3.05, 3.63) is 460 Å². The average molecular weight is 1750 g/mol. The molecule has 0 aliphatic heterocycles. The molecule has 0 atom stereocenters. The van der Waals surface area contributed by atoms with Crippen molar-refractivity contribution in [3.63, 3.8) is 0 Å². The number of esters is 1. The number of nitrogens with one attached hydrogen (secondary N) is 1. The summed E-state index contributed by atoms with van der Waals surface area (Å²) < 4.78 is 58.8. The summed E-state index contributed by atoms with van der Waals surface area (Å²) in [7, 11) is 9.97. The van der Waals surface area contributed by atoms with Crippen molar-refractivity contribution in [2.75, 3.05) is 62.3 Å². The first kappa shape index (κ1) is 95.8.